The second-order valence-electron chi connectivity index (χ2n) is 5.34. The molecule has 22 heavy (non-hydrogen) atoms. The number of halogens is 4. The van der Waals surface area contributed by atoms with Gasteiger partial charge in [0.05, 0.1) is 6.20 Å². The molecule has 0 fully saturated rings. The smallest absolute Gasteiger partial charge is 0.327 e. The first kappa shape index (κ1) is 18.1. The van der Waals surface area contributed by atoms with Gasteiger partial charge in [0, 0.05) is 18.3 Å². The van der Waals surface area contributed by atoms with Gasteiger partial charge >= 0.3 is 6.18 Å². The molecule has 1 heterocycles. The molecule has 0 aliphatic rings. The average molecular weight is 318 g/mol. The maximum atomic E-state index is 13.0. The maximum Gasteiger partial charge on any atom is 0.406 e. The number of hydrogen-bond acceptors (Lipinski definition) is 2. The summed E-state index contributed by atoms with van der Waals surface area (Å²) >= 11 is 0. The summed E-state index contributed by atoms with van der Waals surface area (Å²) in [6.07, 6.45) is 0.0752. The second kappa shape index (κ2) is 7.38. The van der Waals surface area contributed by atoms with E-state index in [-0.39, 0.29) is 5.92 Å². The molecule has 7 heteroatoms. The molecule has 0 bridgehead atoms. The molecule has 0 aromatic carbocycles. The minimum Gasteiger partial charge on any atom is -0.327 e. The summed E-state index contributed by atoms with van der Waals surface area (Å²) in [5.41, 5.74) is 0.303. The zero-order valence-corrected chi connectivity index (χ0v) is 12.6. The van der Waals surface area contributed by atoms with Gasteiger partial charge in [0.2, 0.25) is 5.91 Å². The Hall–Kier alpha value is -1.92. The van der Waals surface area contributed by atoms with Crippen molar-refractivity contribution in [3.8, 4) is 0 Å². The number of aromatic nitrogens is 1. The Morgan fingerprint density at radius 1 is 1.32 bits per heavy atom. The van der Waals surface area contributed by atoms with Gasteiger partial charge in [0.25, 0.3) is 0 Å². The van der Waals surface area contributed by atoms with Crippen molar-refractivity contribution >= 4 is 12.0 Å². The number of rotatable bonds is 5. The lowest BCUT2D eigenvalue weighted by Crippen LogP contribution is -2.45. The van der Waals surface area contributed by atoms with Crippen LogP contribution in [0.15, 0.2) is 24.5 Å². The monoisotopic (exact) mass is 318 g/mol. The lowest BCUT2D eigenvalue weighted by molar-refractivity contribution is -0.163. The van der Waals surface area contributed by atoms with Crippen molar-refractivity contribution in [1.82, 2.24) is 9.88 Å². The topological polar surface area (TPSA) is 33.2 Å². The van der Waals surface area contributed by atoms with Crippen molar-refractivity contribution in [3.05, 3.63) is 35.9 Å². The van der Waals surface area contributed by atoms with Crippen LogP contribution in [-0.4, -0.2) is 34.6 Å². The Labute approximate surface area is 126 Å². The molecule has 0 saturated carbocycles. The lowest BCUT2D eigenvalue weighted by atomic mass is 10.0. The van der Waals surface area contributed by atoms with Gasteiger partial charge in [-0.3, -0.25) is 9.78 Å². The van der Waals surface area contributed by atoms with Crippen molar-refractivity contribution in [2.24, 2.45) is 5.92 Å². The Balaban J connectivity index is 2.92. The Bertz CT molecular complexity index is 541. The van der Waals surface area contributed by atoms with E-state index in [1.54, 1.807) is 20.8 Å². The zero-order valence-electron chi connectivity index (χ0n) is 12.6. The third-order valence-corrected chi connectivity index (χ3v) is 3.23. The number of carbonyl (C=O) groups is 1. The Kier molecular flexibility index (Phi) is 6.08. The summed E-state index contributed by atoms with van der Waals surface area (Å²) in [7, 11) is 0. The van der Waals surface area contributed by atoms with Gasteiger partial charge in [0.15, 0.2) is 0 Å². The van der Waals surface area contributed by atoms with Crippen LogP contribution in [-0.2, 0) is 4.79 Å². The van der Waals surface area contributed by atoms with Gasteiger partial charge in [0.1, 0.15) is 12.4 Å². The predicted octanol–water partition coefficient (Wildman–Crippen LogP) is 3.67. The molecule has 1 unspecified atom stereocenters. The zero-order chi connectivity index (χ0) is 16.9. The van der Waals surface area contributed by atoms with E-state index in [4.69, 9.17) is 0 Å². The second-order valence-corrected chi connectivity index (χ2v) is 5.34. The van der Waals surface area contributed by atoms with Crippen molar-refractivity contribution in [1.29, 1.82) is 0 Å². The standard InChI is InChI=1S/C15H18F4N2O/c1-10(2)11(3)21(9-15(17,18)19)14(22)5-4-12-6-13(16)8-20-7-12/h4-8,10-11H,9H2,1-3H3/b5-4+. The third-order valence-electron chi connectivity index (χ3n) is 3.23. The molecular weight excluding hydrogens is 300 g/mol. The summed E-state index contributed by atoms with van der Waals surface area (Å²) in [5.74, 6) is -1.49. The van der Waals surface area contributed by atoms with E-state index >= 15 is 0 Å². The highest BCUT2D eigenvalue weighted by molar-refractivity contribution is 5.92. The molecule has 3 nitrogen and oxygen atoms in total. The van der Waals surface area contributed by atoms with Gasteiger partial charge < -0.3 is 4.90 Å². The fourth-order valence-electron chi connectivity index (χ4n) is 1.76. The average Bonchev–Trinajstić information content (AvgIpc) is 2.40. The van der Waals surface area contributed by atoms with Crippen molar-refractivity contribution in [3.63, 3.8) is 0 Å². The van der Waals surface area contributed by atoms with Crippen molar-refractivity contribution < 1.29 is 22.4 Å². The third kappa shape index (κ3) is 5.83. The van der Waals surface area contributed by atoms with Crippen LogP contribution < -0.4 is 0 Å². The number of pyridine rings is 1. The SMILES string of the molecule is CC(C)C(C)N(CC(F)(F)F)C(=O)/C=C/c1cncc(F)c1. The molecule has 1 atom stereocenters. The highest BCUT2D eigenvalue weighted by Crippen LogP contribution is 2.21. The van der Waals surface area contributed by atoms with Crippen LogP contribution in [0.2, 0.25) is 0 Å². The van der Waals surface area contributed by atoms with E-state index < -0.39 is 30.5 Å². The van der Waals surface area contributed by atoms with Crippen molar-refractivity contribution in [2.75, 3.05) is 6.54 Å². The van der Waals surface area contributed by atoms with Crippen LogP contribution in [0.5, 0.6) is 0 Å². The fourth-order valence-corrected chi connectivity index (χ4v) is 1.76. The molecule has 1 aromatic heterocycles. The molecular formula is C15H18F4N2O. The summed E-state index contributed by atoms with van der Waals surface area (Å²) in [6.45, 7) is 3.71. The minimum atomic E-state index is -4.48. The molecule has 1 amide bonds. The van der Waals surface area contributed by atoms with Gasteiger partial charge in [-0.05, 0) is 30.5 Å². The first-order chi connectivity index (χ1) is 10.1. The molecule has 1 rings (SSSR count). The van der Waals surface area contributed by atoms with Gasteiger partial charge in [-0.1, -0.05) is 13.8 Å². The highest BCUT2D eigenvalue weighted by atomic mass is 19.4. The van der Waals surface area contributed by atoms with Crippen molar-refractivity contribution in [2.45, 2.75) is 33.0 Å². The number of alkyl halides is 3. The van der Waals surface area contributed by atoms with E-state index in [2.05, 4.69) is 4.98 Å². The van der Waals surface area contributed by atoms with Crippen LogP contribution in [0.4, 0.5) is 17.6 Å². The van der Waals surface area contributed by atoms with Gasteiger partial charge in [-0.25, -0.2) is 4.39 Å². The summed E-state index contributed by atoms with van der Waals surface area (Å²) in [4.78, 5) is 16.4. The van der Waals surface area contributed by atoms with Crippen LogP contribution >= 0.6 is 0 Å². The molecule has 0 spiro atoms. The molecule has 0 saturated heterocycles. The Morgan fingerprint density at radius 2 is 1.95 bits per heavy atom. The van der Waals surface area contributed by atoms with E-state index in [1.165, 1.54) is 12.3 Å². The van der Waals surface area contributed by atoms with Gasteiger partial charge in [-0.15, -0.1) is 0 Å². The summed E-state index contributed by atoms with van der Waals surface area (Å²) in [5, 5.41) is 0. The molecule has 0 N–H and O–H groups in total. The summed E-state index contributed by atoms with van der Waals surface area (Å²) in [6, 6.07) is 0.556. The molecule has 0 radical (unpaired) electrons. The highest BCUT2D eigenvalue weighted by Gasteiger charge is 2.35. The van der Waals surface area contributed by atoms with E-state index in [9.17, 15) is 22.4 Å². The van der Waals surface area contributed by atoms with Crippen LogP contribution in [0, 0.1) is 11.7 Å². The fraction of sp³-hybridized carbons (Fsp3) is 0.467. The normalized spacial score (nSPS) is 13.6. The molecule has 0 aliphatic carbocycles. The van der Waals surface area contributed by atoms with E-state index in [0.717, 1.165) is 23.2 Å². The maximum absolute atomic E-state index is 13.0. The number of carbonyl (C=O) groups excluding carboxylic acids is 1. The first-order valence-electron chi connectivity index (χ1n) is 6.76. The molecule has 0 aliphatic heterocycles. The van der Waals surface area contributed by atoms with Crippen LogP contribution in [0.3, 0.4) is 0 Å². The molecule has 122 valence electrons. The quantitative estimate of drug-likeness (QED) is 0.613. The number of hydrogen-bond donors (Lipinski definition) is 0. The number of amides is 1. The van der Waals surface area contributed by atoms with E-state index in [0.29, 0.717) is 5.56 Å². The molecule has 1 aromatic rings. The first-order valence-corrected chi connectivity index (χ1v) is 6.76. The lowest BCUT2D eigenvalue weighted by Gasteiger charge is -2.31. The van der Waals surface area contributed by atoms with Crippen LogP contribution in [0.1, 0.15) is 26.3 Å². The minimum absolute atomic E-state index is 0.129. The Morgan fingerprint density at radius 3 is 2.45 bits per heavy atom. The van der Waals surface area contributed by atoms with E-state index in [1.807, 2.05) is 0 Å². The largest absolute Gasteiger partial charge is 0.406 e. The number of nitrogens with zero attached hydrogens (tertiary/aromatic N) is 2. The summed E-state index contributed by atoms with van der Waals surface area (Å²) < 4.78 is 50.9. The van der Waals surface area contributed by atoms with Crippen LogP contribution in [0.25, 0.3) is 6.08 Å². The predicted molar refractivity (Wildman–Crippen MR) is 75.3 cm³/mol. The van der Waals surface area contributed by atoms with Gasteiger partial charge in [-0.2, -0.15) is 13.2 Å².